The number of aromatic nitrogens is 2. The Morgan fingerprint density at radius 2 is 2.24 bits per heavy atom. The van der Waals surface area contributed by atoms with E-state index in [1.54, 1.807) is 18.4 Å². The van der Waals surface area contributed by atoms with Crippen LogP contribution in [0.5, 0.6) is 0 Å². The van der Waals surface area contributed by atoms with Gasteiger partial charge in [0.2, 0.25) is 0 Å². The number of rotatable bonds is 7. The molecule has 0 spiro atoms. The predicted molar refractivity (Wildman–Crippen MR) is 103 cm³/mol. The molecular weight excluding hydrogens is 356 g/mol. The third kappa shape index (κ3) is 3.81. The number of nitrogens with zero attached hydrogens (tertiary/aromatic N) is 2. The van der Waals surface area contributed by atoms with Crippen LogP contribution < -0.4 is 10.6 Å². The quantitative estimate of drug-likeness (QED) is 0.616. The van der Waals surface area contributed by atoms with Crippen LogP contribution in [0.2, 0.25) is 0 Å². The van der Waals surface area contributed by atoms with E-state index < -0.39 is 0 Å². The molecule has 3 heterocycles. The van der Waals surface area contributed by atoms with Crippen molar-refractivity contribution in [2.24, 2.45) is 0 Å². The van der Waals surface area contributed by atoms with Gasteiger partial charge in [0.15, 0.2) is 0 Å². The molecule has 8 heteroatoms. The van der Waals surface area contributed by atoms with E-state index in [-0.39, 0.29) is 11.9 Å². The lowest BCUT2D eigenvalue weighted by Crippen LogP contribution is -2.26. The second-order valence-corrected chi connectivity index (χ2v) is 7.57. The third-order valence-electron chi connectivity index (χ3n) is 3.85. The molecule has 25 heavy (non-hydrogen) atoms. The zero-order valence-electron chi connectivity index (χ0n) is 14.3. The molecule has 0 saturated carbocycles. The number of hydrogen-bond donors (Lipinski definition) is 2. The van der Waals surface area contributed by atoms with Crippen molar-refractivity contribution in [1.82, 2.24) is 15.3 Å². The van der Waals surface area contributed by atoms with Crippen molar-refractivity contribution < 1.29 is 9.53 Å². The first-order valence-electron chi connectivity index (χ1n) is 7.93. The number of carbonyl (C=O) groups is 1. The van der Waals surface area contributed by atoms with Gasteiger partial charge in [0, 0.05) is 18.5 Å². The van der Waals surface area contributed by atoms with Crippen molar-refractivity contribution in [1.29, 1.82) is 0 Å². The van der Waals surface area contributed by atoms with E-state index in [0.29, 0.717) is 18.0 Å². The highest BCUT2D eigenvalue weighted by Crippen LogP contribution is 2.34. The highest BCUT2D eigenvalue weighted by molar-refractivity contribution is 7.20. The van der Waals surface area contributed by atoms with Crippen LogP contribution >= 0.6 is 22.7 Å². The maximum absolute atomic E-state index is 12.4. The van der Waals surface area contributed by atoms with Crippen LogP contribution in [0.4, 0.5) is 5.82 Å². The van der Waals surface area contributed by atoms with Crippen molar-refractivity contribution in [2.45, 2.75) is 19.9 Å². The Bertz CT molecular complexity index is 861. The fourth-order valence-electron chi connectivity index (χ4n) is 2.56. The SMILES string of the molecule is COCCNC(=O)c1sc2ncnc(NC(C)c3cccs3)c2c1C. The van der Waals surface area contributed by atoms with Gasteiger partial charge in [0.05, 0.1) is 22.9 Å². The van der Waals surface area contributed by atoms with Gasteiger partial charge >= 0.3 is 0 Å². The van der Waals surface area contributed by atoms with Crippen LogP contribution in [-0.2, 0) is 4.74 Å². The number of thiophene rings is 2. The van der Waals surface area contributed by atoms with Crippen molar-refractivity contribution in [3.8, 4) is 0 Å². The van der Waals surface area contributed by atoms with Gasteiger partial charge in [-0.05, 0) is 30.9 Å². The van der Waals surface area contributed by atoms with Gasteiger partial charge in [0.1, 0.15) is 17.0 Å². The number of carbonyl (C=O) groups excluding carboxylic acids is 1. The lowest BCUT2D eigenvalue weighted by atomic mass is 10.2. The normalized spacial score (nSPS) is 12.3. The van der Waals surface area contributed by atoms with E-state index in [1.165, 1.54) is 22.5 Å². The number of amides is 1. The molecule has 1 unspecified atom stereocenters. The molecule has 0 aliphatic carbocycles. The molecule has 1 atom stereocenters. The van der Waals surface area contributed by atoms with Gasteiger partial charge in [-0.3, -0.25) is 4.79 Å². The number of hydrogen-bond acceptors (Lipinski definition) is 7. The molecule has 1 amide bonds. The molecule has 0 aliphatic rings. The van der Waals surface area contributed by atoms with E-state index in [1.807, 2.05) is 13.0 Å². The Kier molecular flexibility index (Phi) is 5.62. The Morgan fingerprint density at radius 3 is 2.96 bits per heavy atom. The lowest BCUT2D eigenvalue weighted by Gasteiger charge is -2.13. The van der Waals surface area contributed by atoms with Gasteiger partial charge in [-0.2, -0.15) is 0 Å². The zero-order chi connectivity index (χ0) is 17.8. The van der Waals surface area contributed by atoms with E-state index in [0.717, 1.165) is 21.6 Å². The number of aryl methyl sites for hydroxylation is 1. The molecule has 2 N–H and O–H groups in total. The third-order valence-corrected chi connectivity index (χ3v) is 6.10. The van der Waals surface area contributed by atoms with Gasteiger partial charge in [-0.15, -0.1) is 22.7 Å². The van der Waals surface area contributed by atoms with Crippen LogP contribution in [0.1, 0.15) is 33.1 Å². The van der Waals surface area contributed by atoms with Gasteiger partial charge in [-0.1, -0.05) is 6.07 Å². The molecule has 0 aliphatic heterocycles. The molecule has 3 aromatic rings. The highest BCUT2D eigenvalue weighted by atomic mass is 32.1. The summed E-state index contributed by atoms with van der Waals surface area (Å²) in [6.07, 6.45) is 1.54. The molecule has 0 fully saturated rings. The maximum atomic E-state index is 12.4. The van der Waals surface area contributed by atoms with Gasteiger partial charge in [-0.25, -0.2) is 9.97 Å². The Balaban J connectivity index is 1.89. The lowest BCUT2D eigenvalue weighted by molar-refractivity contribution is 0.0940. The summed E-state index contributed by atoms with van der Waals surface area (Å²) >= 11 is 3.09. The molecule has 3 aromatic heterocycles. The maximum Gasteiger partial charge on any atom is 0.261 e. The predicted octanol–water partition coefficient (Wildman–Crippen LogP) is 3.61. The number of fused-ring (bicyclic) bond motifs is 1. The summed E-state index contributed by atoms with van der Waals surface area (Å²) in [5.41, 5.74) is 0.899. The second kappa shape index (κ2) is 7.90. The first-order valence-corrected chi connectivity index (χ1v) is 9.62. The fraction of sp³-hybridized carbons (Fsp3) is 0.353. The smallest absolute Gasteiger partial charge is 0.261 e. The second-order valence-electron chi connectivity index (χ2n) is 5.59. The number of nitrogens with one attached hydrogen (secondary N) is 2. The zero-order valence-corrected chi connectivity index (χ0v) is 16.0. The van der Waals surface area contributed by atoms with Crippen molar-refractivity contribution in [3.05, 3.63) is 39.2 Å². The minimum atomic E-state index is -0.102. The largest absolute Gasteiger partial charge is 0.383 e. The van der Waals surface area contributed by atoms with Gasteiger partial charge in [0.25, 0.3) is 5.91 Å². The summed E-state index contributed by atoms with van der Waals surface area (Å²) in [7, 11) is 1.61. The summed E-state index contributed by atoms with van der Waals surface area (Å²) < 4.78 is 4.97. The van der Waals surface area contributed by atoms with Crippen LogP contribution in [0.15, 0.2) is 23.8 Å². The summed E-state index contributed by atoms with van der Waals surface area (Å²) in [5, 5.41) is 9.28. The topological polar surface area (TPSA) is 76.1 Å². The molecule has 0 saturated heterocycles. The summed E-state index contributed by atoms with van der Waals surface area (Å²) in [6, 6.07) is 4.26. The van der Waals surface area contributed by atoms with Crippen molar-refractivity contribution in [3.63, 3.8) is 0 Å². The van der Waals surface area contributed by atoms with E-state index >= 15 is 0 Å². The number of anilines is 1. The standard InChI is InChI=1S/C17H20N4O2S2/c1-10-13-15(21-11(2)12-5-4-8-24-12)19-9-20-17(13)25-14(10)16(22)18-6-7-23-3/h4-5,8-9,11H,6-7H2,1-3H3,(H,18,22)(H,19,20,21). The highest BCUT2D eigenvalue weighted by Gasteiger charge is 2.20. The Labute approximate surface area is 154 Å². The summed E-state index contributed by atoms with van der Waals surface area (Å²) in [5.74, 6) is 0.658. The van der Waals surface area contributed by atoms with E-state index in [4.69, 9.17) is 4.74 Å². The Morgan fingerprint density at radius 1 is 1.40 bits per heavy atom. The van der Waals surface area contributed by atoms with E-state index in [9.17, 15) is 4.79 Å². The summed E-state index contributed by atoms with van der Waals surface area (Å²) in [4.78, 5) is 23.9. The molecule has 0 bridgehead atoms. The summed E-state index contributed by atoms with van der Waals surface area (Å²) in [6.45, 7) is 5.00. The minimum absolute atomic E-state index is 0.102. The van der Waals surface area contributed by atoms with Crippen LogP contribution in [0, 0.1) is 6.92 Å². The molecular formula is C17H20N4O2S2. The minimum Gasteiger partial charge on any atom is -0.383 e. The fourth-order valence-corrected chi connectivity index (χ4v) is 4.36. The average molecular weight is 377 g/mol. The van der Waals surface area contributed by atoms with Crippen LogP contribution in [0.25, 0.3) is 10.2 Å². The first-order chi connectivity index (χ1) is 12.1. The molecule has 132 valence electrons. The average Bonchev–Trinajstić information content (AvgIpc) is 3.24. The molecule has 6 nitrogen and oxygen atoms in total. The van der Waals surface area contributed by atoms with Crippen molar-refractivity contribution in [2.75, 3.05) is 25.6 Å². The number of methoxy groups -OCH3 is 1. The number of ether oxygens (including phenoxy) is 1. The van der Waals surface area contributed by atoms with Crippen LogP contribution in [0.3, 0.4) is 0 Å². The molecule has 0 radical (unpaired) electrons. The van der Waals surface area contributed by atoms with Crippen LogP contribution in [-0.4, -0.2) is 36.1 Å². The Hall–Kier alpha value is -2.03. The molecule has 0 aromatic carbocycles. The monoisotopic (exact) mass is 376 g/mol. The van der Waals surface area contributed by atoms with Crippen molar-refractivity contribution >= 4 is 44.6 Å². The van der Waals surface area contributed by atoms with Gasteiger partial charge < -0.3 is 15.4 Å². The van der Waals surface area contributed by atoms with E-state index in [2.05, 4.69) is 39.0 Å². The molecule has 3 rings (SSSR count). The first kappa shape index (κ1) is 17.8.